The molecule has 0 saturated heterocycles. The molecule has 1 atom stereocenters. The Bertz CT molecular complexity index is 962. The minimum absolute atomic E-state index is 0.155. The molecule has 2 aromatic rings. The fourth-order valence-electron chi connectivity index (χ4n) is 2.95. The van der Waals surface area contributed by atoms with E-state index in [1.54, 1.807) is 50.6 Å². The molecule has 0 heterocycles. The van der Waals surface area contributed by atoms with Gasteiger partial charge in [0.05, 0.1) is 31.7 Å². The van der Waals surface area contributed by atoms with Gasteiger partial charge in [-0.15, -0.1) is 11.8 Å². The third-order valence-corrected chi connectivity index (χ3v) is 7.25. The number of carbonyl (C=O) groups excluding carboxylic acids is 1. The first-order chi connectivity index (χ1) is 14.3. The van der Waals surface area contributed by atoms with E-state index in [1.807, 2.05) is 19.2 Å². The third kappa shape index (κ3) is 5.68. The molecule has 0 radical (unpaired) electrons. The van der Waals surface area contributed by atoms with E-state index in [9.17, 15) is 13.2 Å². The van der Waals surface area contributed by atoms with Crippen LogP contribution in [0.3, 0.4) is 0 Å². The predicted octanol–water partition coefficient (Wildman–Crippen LogP) is 3.31. The number of hydrogen-bond donors (Lipinski definition) is 1. The van der Waals surface area contributed by atoms with Crippen LogP contribution >= 0.6 is 11.8 Å². The lowest BCUT2D eigenvalue weighted by Crippen LogP contribution is -2.39. The van der Waals surface area contributed by atoms with Crippen LogP contribution in [-0.4, -0.2) is 52.7 Å². The van der Waals surface area contributed by atoms with Crippen LogP contribution in [-0.2, 0) is 14.8 Å². The third-order valence-electron chi connectivity index (χ3n) is 4.69. The number of benzene rings is 2. The van der Waals surface area contributed by atoms with Gasteiger partial charge in [-0.05, 0) is 54.6 Å². The van der Waals surface area contributed by atoms with Gasteiger partial charge in [-0.1, -0.05) is 13.0 Å². The lowest BCUT2D eigenvalue weighted by molar-refractivity contribution is -0.121. The summed E-state index contributed by atoms with van der Waals surface area (Å²) in [5.41, 5.74) is 0.849. The highest BCUT2D eigenvalue weighted by molar-refractivity contribution is 7.98. The molecule has 9 heteroatoms. The Kier molecular flexibility index (Phi) is 8.57. The maximum Gasteiger partial charge on any atom is 0.243 e. The van der Waals surface area contributed by atoms with Crippen LogP contribution in [0.4, 0.5) is 0 Å². The van der Waals surface area contributed by atoms with Crippen molar-refractivity contribution in [2.24, 2.45) is 0 Å². The molecule has 0 spiro atoms. The number of methoxy groups -OCH3 is 2. The van der Waals surface area contributed by atoms with Crippen molar-refractivity contribution in [3.8, 4) is 11.5 Å². The van der Waals surface area contributed by atoms with E-state index < -0.39 is 10.0 Å². The Labute approximate surface area is 182 Å². The topological polar surface area (TPSA) is 84.9 Å². The SMILES string of the molecule is CC[C@@H](NC(=O)CN(C)S(=O)(=O)c1ccc(SC)cc1)c1ccc(OC)c(OC)c1. The molecule has 164 valence electrons. The van der Waals surface area contributed by atoms with Crippen LogP contribution in [0.1, 0.15) is 24.9 Å². The van der Waals surface area contributed by atoms with E-state index in [0.717, 1.165) is 14.8 Å². The number of likely N-dealkylation sites (N-methyl/N-ethyl adjacent to an activating group) is 1. The predicted molar refractivity (Wildman–Crippen MR) is 119 cm³/mol. The zero-order valence-electron chi connectivity index (χ0n) is 17.8. The largest absolute Gasteiger partial charge is 0.493 e. The first kappa shape index (κ1) is 24.0. The number of thioether (sulfide) groups is 1. The lowest BCUT2D eigenvalue weighted by atomic mass is 10.0. The van der Waals surface area contributed by atoms with Crippen LogP contribution in [0, 0.1) is 0 Å². The smallest absolute Gasteiger partial charge is 0.243 e. The number of sulfonamides is 1. The number of amides is 1. The number of carbonyl (C=O) groups is 1. The summed E-state index contributed by atoms with van der Waals surface area (Å²) in [4.78, 5) is 13.7. The molecular formula is C21H28N2O5S2. The molecule has 0 saturated carbocycles. The molecular weight excluding hydrogens is 424 g/mol. The maximum atomic E-state index is 12.8. The van der Waals surface area contributed by atoms with E-state index in [4.69, 9.17) is 9.47 Å². The van der Waals surface area contributed by atoms with Crippen molar-refractivity contribution >= 4 is 27.7 Å². The molecule has 1 amide bonds. The minimum Gasteiger partial charge on any atom is -0.493 e. The number of rotatable bonds is 10. The zero-order valence-corrected chi connectivity index (χ0v) is 19.5. The molecule has 30 heavy (non-hydrogen) atoms. The summed E-state index contributed by atoms with van der Waals surface area (Å²) in [5, 5.41) is 2.90. The molecule has 0 aliphatic rings. The Balaban J connectivity index is 2.10. The second-order valence-electron chi connectivity index (χ2n) is 6.58. The molecule has 1 N–H and O–H groups in total. The van der Waals surface area contributed by atoms with E-state index in [0.29, 0.717) is 17.9 Å². The van der Waals surface area contributed by atoms with Gasteiger partial charge < -0.3 is 14.8 Å². The number of nitrogens with one attached hydrogen (secondary N) is 1. The average Bonchev–Trinajstić information content (AvgIpc) is 2.76. The quantitative estimate of drug-likeness (QED) is 0.557. The second-order valence-corrected chi connectivity index (χ2v) is 9.50. The highest BCUT2D eigenvalue weighted by Gasteiger charge is 2.24. The van der Waals surface area contributed by atoms with Gasteiger partial charge in [-0.2, -0.15) is 4.31 Å². The summed E-state index contributed by atoms with van der Waals surface area (Å²) >= 11 is 1.53. The van der Waals surface area contributed by atoms with Crippen molar-refractivity contribution < 1.29 is 22.7 Å². The van der Waals surface area contributed by atoms with Crippen molar-refractivity contribution in [3.05, 3.63) is 48.0 Å². The van der Waals surface area contributed by atoms with Gasteiger partial charge >= 0.3 is 0 Å². The molecule has 7 nitrogen and oxygen atoms in total. The summed E-state index contributed by atoms with van der Waals surface area (Å²) in [6, 6.07) is 11.7. The fraction of sp³-hybridized carbons (Fsp3) is 0.381. The van der Waals surface area contributed by atoms with Crippen molar-refractivity contribution in [2.75, 3.05) is 34.1 Å². The maximum absolute atomic E-state index is 12.8. The van der Waals surface area contributed by atoms with Crippen molar-refractivity contribution in [3.63, 3.8) is 0 Å². The summed E-state index contributed by atoms with van der Waals surface area (Å²) < 4.78 is 37.1. The Hall–Kier alpha value is -2.23. The monoisotopic (exact) mass is 452 g/mol. The minimum atomic E-state index is -3.76. The van der Waals surface area contributed by atoms with Gasteiger partial charge in [0.1, 0.15) is 0 Å². The van der Waals surface area contributed by atoms with Crippen LogP contribution in [0.2, 0.25) is 0 Å². The van der Waals surface area contributed by atoms with Crippen molar-refractivity contribution in [1.82, 2.24) is 9.62 Å². The fourth-order valence-corrected chi connectivity index (χ4v) is 4.48. The first-order valence-corrected chi connectivity index (χ1v) is 12.0. The number of ether oxygens (including phenoxy) is 2. The summed E-state index contributed by atoms with van der Waals surface area (Å²) in [5.74, 6) is 0.778. The van der Waals surface area contributed by atoms with E-state index in [1.165, 1.54) is 18.8 Å². The number of hydrogen-bond acceptors (Lipinski definition) is 6. The van der Waals surface area contributed by atoms with Crippen LogP contribution in [0.5, 0.6) is 11.5 Å². The highest BCUT2D eigenvalue weighted by Crippen LogP contribution is 2.31. The van der Waals surface area contributed by atoms with Gasteiger partial charge in [-0.25, -0.2) is 8.42 Å². The Morgan fingerprint density at radius 3 is 2.27 bits per heavy atom. The average molecular weight is 453 g/mol. The molecule has 2 aromatic carbocycles. The summed E-state index contributed by atoms with van der Waals surface area (Å²) in [7, 11) is 0.744. The van der Waals surface area contributed by atoms with Gasteiger partial charge in [0.25, 0.3) is 0 Å². The molecule has 0 fully saturated rings. The second kappa shape index (κ2) is 10.7. The van der Waals surface area contributed by atoms with E-state index >= 15 is 0 Å². The molecule has 0 aliphatic heterocycles. The molecule has 2 rings (SSSR count). The first-order valence-electron chi connectivity index (χ1n) is 9.38. The van der Waals surface area contributed by atoms with Crippen LogP contribution in [0.25, 0.3) is 0 Å². The zero-order chi connectivity index (χ0) is 22.3. The lowest BCUT2D eigenvalue weighted by Gasteiger charge is -2.22. The van der Waals surface area contributed by atoms with Crippen molar-refractivity contribution in [1.29, 1.82) is 0 Å². The van der Waals surface area contributed by atoms with Crippen molar-refractivity contribution in [2.45, 2.75) is 29.2 Å². The molecule has 0 aliphatic carbocycles. The van der Waals surface area contributed by atoms with Gasteiger partial charge in [0.2, 0.25) is 15.9 Å². The standard InChI is InChI=1S/C21H28N2O5S2/c1-6-18(15-7-12-19(27-3)20(13-15)28-4)22-21(24)14-23(2)30(25,26)17-10-8-16(29-5)9-11-17/h7-13,18H,6,14H2,1-5H3,(H,22,24)/t18-/m1/s1. The van der Waals surface area contributed by atoms with E-state index in [-0.39, 0.29) is 23.4 Å². The molecule has 0 unspecified atom stereocenters. The normalized spacial score (nSPS) is 12.5. The molecule has 0 aromatic heterocycles. The summed E-state index contributed by atoms with van der Waals surface area (Å²) in [6.07, 6.45) is 2.55. The van der Waals surface area contributed by atoms with Gasteiger partial charge in [-0.3, -0.25) is 4.79 Å². The van der Waals surface area contributed by atoms with Crippen LogP contribution < -0.4 is 14.8 Å². The Morgan fingerprint density at radius 2 is 1.73 bits per heavy atom. The van der Waals surface area contributed by atoms with Crippen LogP contribution in [0.15, 0.2) is 52.3 Å². The van der Waals surface area contributed by atoms with Gasteiger partial charge in [0.15, 0.2) is 11.5 Å². The highest BCUT2D eigenvalue weighted by atomic mass is 32.2. The van der Waals surface area contributed by atoms with E-state index in [2.05, 4.69) is 5.32 Å². The van der Waals surface area contributed by atoms with Gasteiger partial charge in [0, 0.05) is 11.9 Å². The number of nitrogens with zero attached hydrogens (tertiary/aromatic N) is 1. The summed E-state index contributed by atoms with van der Waals surface area (Å²) in [6.45, 7) is 1.66. The molecule has 0 bridgehead atoms. The Morgan fingerprint density at radius 1 is 1.10 bits per heavy atom.